The van der Waals surface area contributed by atoms with E-state index in [1.54, 1.807) is 24.3 Å². The van der Waals surface area contributed by atoms with Crippen molar-refractivity contribution < 1.29 is 13.2 Å². The highest BCUT2D eigenvalue weighted by Crippen LogP contribution is 2.29. The van der Waals surface area contributed by atoms with Crippen LogP contribution in [0, 0.1) is 12.8 Å². The Balaban J connectivity index is 0.00000280. The molecule has 2 fully saturated rings. The molecule has 28 heavy (non-hydrogen) atoms. The van der Waals surface area contributed by atoms with E-state index >= 15 is 0 Å². The number of hydrogen-bond acceptors (Lipinski definition) is 4. The molecule has 8 heteroatoms. The summed E-state index contributed by atoms with van der Waals surface area (Å²) >= 11 is 0. The Morgan fingerprint density at radius 2 is 1.82 bits per heavy atom. The van der Waals surface area contributed by atoms with E-state index < -0.39 is 15.6 Å². The highest BCUT2D eigenvalue weighted by Gasteiger charge is 2.39. The van der Waals surface area contributed by atoms with Crippen LogP contribution in [0.5, 0.6) is 0 Å². The lowest BCUT2D eigenvalue weighted by Crippen LogP contribution is -2.58. The van der Waals surface area contributed by atoms with Gasteiger partial charge in [-0.15, -0.1) is 12.4 Å². The summed E-state index contributed by atoms with van der Waals surface area (Å²) in [4.78, 5) is 15.1. The Bertz CT molecular complexity index is 761. The second kappa shape index (κ2) is 9.57. The average molecular weight is 430 g/mol. The third-order valence-corrected chi connectivity index (χ3v) is 7.31. The lowest BCUT2D eigenvalue weighted by molar-refractivity contribution is -0.140. The third-order valence-electron chi connectivity index (χ3n) is 5.87. The van der Waals surface area contributed by atoms with Gasteiger partial charge in [0.1, 0.15) is 0 Å². The molecule has 0 spiro atoms. The number of benzene rings is 1. The first-order valence-electron chi connectivity index (χ1n) is 9.95. The van der Waals surface area contributed by atoms with Gasteiger partial charge in [0.25, 0.3) is 0 Å². The van der Waals surface area contributed by atoms with Gasteiger partial charge in [-0.05, 0) is 50.7 Å². The molecule has 1 heterocycles. The first kappa shape index (κ1) is 23.1. The monoisotopic (exact) mass is 429 g/mol. The van der Waals surface area contributed by atoms with Crippen LogP contribution < -0.4 is 10.5 Å². The molecule has 6 nitrogen and oxygen atoms in total. The van der Waals surface area contributed by atoms with Crippen LogP contribution in [0.1, 0.15) is 50.5 Å². The molecule has 1 saturated carbocycles. The topological polar surface area (TPSA) is 92.5 Å². The zero-order valence-corrected chi connectivity index (χ0v) is 18.2. The van der Waals surface area contributed by atoms with Crippen molar-refractivity contribution >= 4 is 28.3 Å². The molecule has 3 rings (SSSR count). The van der Waals surface area contributed by atoms with E-state index in [0.29, 0.717) is 13.1 Å². The Kier molecular flexibility index (Phi) is 7.90. The molecule has 1 aliphatic carbocycles. The summed E-state index contributed by atoms with van der Waals surface area (Å²) in [6, 6.07) is 6.83. The van der Waals surface area contributed by atoms with E-state index in [0.717, 1.165) is 57.1 Å². The maximum absolute atomic E-state index is 12.9. The largest absolute Gasteiger partial charge is 0.341 e. The molecular formula is C20H32ClN3O3S. The van der Waals surface area contributed by atoms with Crippen LogP contribution in [0.2, 0.25) is 0 Å². The molecule has 1 amide bonds. The molecule has 0 radical (unpaired) electrons. The number of nitrogens with zero attached hydrogens (tertiary/aromatic N) is 1. The first-order valence-corrected chi connectivity index (χ1v) is 11.4. The minimum absolute atomic E-state index is 0. The van der Waals surface area contributed by atoms with Gasteiger partial charge in [-0.3, -0.25) is 4.79 Å². The van der Waals surface area contributed by atoms with Crippen LogP contribution in [0.3, 0.4) is 0 Å². The summed E-state index contributed by atoms with van der Waals surface area (Å²) in [5.41, 5.74) is 6.71. The van der Waals surface area contributed by atoms with E-state index in [4.69, 9.17) is 5.73 Å². The number of nitrogens with one attached hydrogen (secondary N) is 1. The Morgan fingerprint density at radius 1 is 1.18 bits per heavy atom. The molecule has 0 aromatic heterocycles. The number of carbonyl (C=O) groups excluding carboxylic acids is 1. The second-order valence-corrected chi connectivity index (χ2v) is 9.91. The van der Waals surface area contributed by atoms with Crippen molar-refractivity contribution in [2.24, 2.45) is 11.7 Å². The van der Waals surface area contributed by atoms with Crippen molar-refractivity contribution in [3.05, 3.63) is 29.8 Å². The summed E-state index contributed by atoms with van der Waals surface area (Å²) < 4.78 is 27.7. The summed E-state index contributed by atoms with van der Waals surface area (Å²) in [6.45, 7) is 3.57. The quantitative estimate of drug-likeness (QED) is 0.752. The van der Waals surface area contributed by atoms with Crippen LogP contribution in [-0.2, 0) is 14.8 Å². The molecule has 0 bridgehead atoms. The summed E-state index contributed by atoms with van der Waals surface area (Å²) in [6.07, 6.45) is 6.48. The number of halogens is 1. The van der Waals surface area contributed by atoms with Crippen LogP contribution in [-0.4, -0.2) is 44.4 Å². The number of likely N-dealkylation sites (tertiary alicyclic amines) is 1. The summed E-state index contributed by atoms with van der Waals surface area (Å²) in [5.74, 6) is 0.170. The summed E-state index contributed by atoms with van der Waals surface area (Å²) in [5, 5.41) is 0. The van der Waals surface area contributed by atoms with Gasteiger partial charge in [-0.1, -0.05) is 37.0 Å². The molecule has 158 valence electrons. The zero-order valence-electron chi connectivity index (χ0n) is 16.5. The van der Waals surface area contributed by atoms with Crippen molar-refractivity contribution in [2.75, 3.05) is 19.6 Å². The predicted molar refractivity (Wildman–Crippen MR) is 113 cm³/mol. The Morgan fingerprint density at radius 3 is 2.46 bits per heavy atom. The van der Waals surface area contributed by atoms with Gasteiger partial charge < -0.3 is 10.6 Å². The molecule has 1 aromatic rings. The number of sulfonamides is 1. The smallest absolute Gasteiger partial charge is 0.242 e. The fourth-order valence-electron chi connectivity index (χ4n) is 4.16. The van der Waals surface area contributed by atoms with Gasteiger partial charge in [0.05, 0.1) is 10.4 Å². The lowest BCUT2D eigenvalue weighted by Gasteiger charge is -2.40. The molecule has 1 aliphatic heterocycles. The van der Waals surface area contributed by atoms with Crippen molar-refractivity contribution in [2.45, 2.75) is 62.3 Å². The van der Waals surface area contributed by atoms with E-state index in [2.05, 4.69) is 4.72 Å². The maximum atomic E-state index is 12.9. The fraction of sp³-hybridized carbons (Fsp3) is 0.650. The van der Waals surface area contributed by atoms with Gasteiger partial charge >= 0.3 is 0 Å². The minimum atomic E-state index is -3.52. The minimum Gasteiger partial charge on any atom is -0.341 e. The van der Waals surface area contributed by atoms with Crippen LogP contribution in [0.25, 0.3) is 0 Å². The highest BCUT2D eigenvalue weighted by atomic mass is 35.5. The average Bonchev–Trinajstić information content (AvgIpc) is 2.67. The highest BCUT2D eigenvalue weighted by molar-refractivity contribution is 7.89. The Hall–Kier alpha value is -1.15. The SMILES string of the molecule is Cc1ccc(S(=O)(=O)NCC2CCCN(C(=O)C3(N)CCCCC3)C2)cc1.Cl. The third kappa shape index (κ3) is 5.47. The second-order valence-electron chi connectivity index (χ2n) is 8.14. The molecule has 2 aliphatic rings. The number of nitrogens with two attached hydrogens (primary N) is 1. The molecule has 1 saturated heterocycles. The molecular weight excluding hydrogens is 398 g/mol. The maximum Gasteiger partial charge on any atom is 0.242 e. The molecule has 1 aromatic carbocycles. The van der Waals surface area contributed by atoms with Crippen molar-refractivity contribution in [1.29, 1.82) is 0 Å². The van der Waals surface area contributed by atoms with E-state index in [1.165, 1.54) is 0 Å². The van der Waals surface area contributed by atoms with Gasteiger partial charge in [0.2, 0.25) is 15.9 Å². The number of carbonyl (C=O) groups is 1. The number of piperidine rings is 1. The van der Waals surface area contributed by atoms with Crippen molar-refractivity contribution in [1.82, 2.24) is 9.62 Å². The first-order chi connectivity index (χ1) is 12.8. The fourth-order valence-corrected chi connectivity index (χ4v) is 5.27. The lowest BCUT2D eigenvalue weighted by atomic mass is 9.81. The van der Waals surface area contributed by atoms with E-state index in [1.807, 2.05) is 11.8 Å². The predicted octanol–water partition coefficient (Wildman–Crippen LogP) is 2.60. The standard InChI is InChI=1S/C20H31N3O3S.ClH/c1-16-7-9-18(10-8-16)27(25,26)22-14-17-6-5-13-23(15-17)19(24)20(21)11-3-2-4-12-20;/h7-10,17,22H,2-6,11-15,21H2,1H3;1H. The number of rotatable bonds is 5. The molecule has 1 unspecified atom stereocenters. The van der Waals surface area contributed by atoms with Gasteiger partial charge in [0.15, 0.2) is 0 Å². The van der Waals surface area contributed by atoms with Crippen LogP contribution in [0.15, 0.2) is 29.2 Å². The van der Waals surface area contributed by atoms with Gasteiger partial charge in [-0.2, -0.15) is 0 Å². The van der Waals surface area contributed by atoms with E-state index in [9.17, 15) is 13.2 Å². The van der Waals surface area contributed by atoms with Gasteiger partial charge in [0, 0.05) is 19.6 Å². The summed E-state index contributed by atoms with van der Waals surface area (Å²) in [7, 11) is -3.52. The molecule has 3 N–H and O–H groups in total. The zero-order chi connectivity index (χ0) is 19.5. The van der Waals surface area contributed by atoms with E-state index in [-0.39, 0.29) is 29.1 Å². The number of amides is 1. The number of aryl methyl sites for hydroxylation is 1. The van der Waals surface area contributed by atoms with Gasteiger partial charge in [-0.25, -0.2) is 13.1 Å². The van der Waals surface area contributed by atoms with Crippen molar-refractivity contribution in [3.8, 4) is 0 Å². The number of hydrogen-bond donors (Lipinski definition) is 2. The van der Waals surface area contributed by atoms with Crippen LogP contribution >= 0.6 is 12.4 Å². The van der Waals surface area contributed by atoms with Crippen LogP contribution in [0.4, 0.5) is 0 Å². The Labute approximate surface area is 174 Å². The molecule has 1 atom stereocenters. The van der Waals surface area contributed by atoms with Crippen molar-refractivity contribution in [3.63, 3.8) is 0 Å². The normalized spacial score (nSPS) is 22.4.